The van der Waals surface area contributed by atoms with Crippen LogP contribution < -0.4 is 4.90 Å². The first-order valence-corrected chi connectivity index (χ1v) is 9.03. The Bertz CT molecular complexity index is 763. The summed E-state index contributed by atoms with van der Waals surface area (Å²) in [7, 11) is 0. The van der Waals surface area contributed by atoms with Gasteiger partial charge in [0, 0.05) is 49.7 Å². The molecule has 1 spiro atoms. The molecule has 0 bridgehead atoms. The number of likely N-dealkylation sites (tertiary alicyclic amines) is 1. The van der Waals surface area contributed by atoms with E-state index in [2.05, 4.69) is 27.0 Å². The first-order chi connectivity index (χ1) is 12.2. The normalized spacial score (nSPS) is 23.2. The van der Waals surface area contributed by atoms with Crippen molar-refractivity contribution >= 4 is 11.7 Å². The molecule has 1 atom stereocenters. The zero-order valence-corrected chi connectivity index (χ0v) is 14.7. The van der Waals surface area contributed by atoms with Gasteiger partial charge in [-0.1, -0.05) is 6.07 Å². The summed E-state index contributed by atoms with van der Waals surface area (Å²) >= 11 is 0. The molecule has 0 unspecified atom stereocenters. The molecular formula is C20H24N4O. The van der Waals surface area contributed by atoms with Gasteiger partial charge in [-0.2, -0.15) is 0 Å². The van der Waals surface area contributed by atoms with Gasteiger partial charge in [0.25, 0.3) is 5.91 Å². The summed E-state index contributed by atoms with van der Waals surface area (Å²) in [5.74, 6) is 1.17. The van der Waals surface area contributed by atoms with Crippen LogP contribution in [-0.4, -0.2) is 47.0 Å². The van der Waals surface area contributed by atoms with Gasteiger partial charge >= 0.3 is 0 Å². The summed E-state index contributed by atoms with van der Waals surface area (Å²) in [4.78, 5) is 26.0. The Balaban J connectivity index is 1.49. The maximum Gasteiger partial charge on any atom is 0.255 e. The lowest BCUT2D eigenvalue weighted by atomic mass is 9.79. The lowest BCUT2D eigenvalue weighted by molar-refractivity contribution is 0.0556. The van der Waals surface area contributed by atoms with Gasteiger partial charge in [0.1, 0.15) is 5.82 Å². The molecule has 4 heterocycles. The smallest absolute Gasteiger partial charge is 0.255 e. The van der Waals surface area contributed by atoms with Crippen LogP contribution in [0.5, 0.6) is 0 Å². The van der Waals surface area contributed by atoms with E-state index in [0.29, 0.717) is 5.56 Å². The number of anilines is 1. The van der Waals surface area contributed by atoms with Crippen molar-refractivity contribution in [2.75, 3.05) is 31.1 Å². The van der Waals surface area contributed by atoms with E-state index >= 15 is 0 Å². The molecule has 0 aromatic carbocycles. The Morgan fingerprint density at radius 1 is 1.12 bits per heavy atom. The third-order valence-corrected chi connectivity index (χ3v) is 5.49. The standard InChI is InChI=1S/C20H24N4O/c1-16-5-2-7-18(22-16)23-12-9-20(14-23)8-4-11-24(15-20)19(25)17-6-3-10-21-13-17/h2-3,5-7,10,13H,4,8-9,11-12,14-15H2,1H3/t20-/m0/s1. The van der Waals surface area contributed by atoms with Crippen LogP contribution in [0.4, 0.5) is 5.82 Å². The van der Waals surface area contributed by atoms with Crippen molar-refractivity contribution in [1.29, 1.82) is 0 Å². The van der Waals surface area contributed by atoms with Gasteiger partial charge in [-0.05, 0) is 50.5 Å². The summed E-state index contributed by atoms with van der Waals surface area (Å²) in [6, 6.07) is 9.88. The fraction of sp³-hybridized carbons (Fsp3) is 0.450. The number of aromatic nitrogens is 2. The molecule has 25 heavy (non-hydrogen) atoms. The SMILES string of the molecule is Cc1cccc(N2CC[C@@]3(CCCN(C(=O)c4cccnc4)C3)C2)n1. The minimum Gasteiger partial charge on any atom is -0.356 e. The highest BCUT2D eigenvalue weighted by Crippen LogP contribution is 2.40. The van der Waals surface area contributed by atoms with E-state index in [-0.39, 0.29) is 11.3 Å². The summed E-state index contributed by atoms with van der Waals surface area (Å²) < 4.78 is 0. The number of aryl methyl sites for hydroxylation is 1. The second kappa shape index (κ2) is 6.47. The number of carbonyl (C=O) groups is 1. The molecule has 130 valence electrons. The van der Waals surface area contributed by atoms with Crippen LogP contribution in [-0.2, 0) is 0 Å². The number of hydrogen-bond acceptors (Lipinski definition) is 4. The van der Waals surface area contributed by atoms with E-state index in [4.69, 9.17) is 0 Å². The van der Waals surface area contributed by atoms with Gasteiger partial charge < -0.3 is 9.80 Å². The van der Waals surface area contributed by atoms with Gasteiger partial charge in [-0.3, -0.25) is 9.78 Å². The molecule has 2 aromatic rings. The van der Waals surface area contributed by atoms with Crippen molar-refractivity contribution < 1.29 is 4.79 Å². The average Bonchev–Trinajstić information content (AvgIpc) is 3.05. The Labute approximate surface area is 148 Å². The van der Waals surface area contributed by atoms with Gasteiger partial charge in [0.05, 0.1) is 5.56 Å². The van der Waals surface area contributed by atoms with Crippen molar-refractivity contribution in [3.05, 3.63) is 54.0 Å². The predicted molar refractivity (Wildman–Crippen MR) is 97.6 cm³/mol. The van der Waals surface area contributed by atoms with Crippen LogP contribution in [0.1, 0.15) is 35.3 Å². The molecule has 0 aliphatic carbocycles. The van der Waals surface area contributed by atoms with Crippen LogP contribution in [0.15, 0.2) is 42.7 Å². The van der Waals surface area contributed by atoms with E-state index in [1.165, 1.54) is 6.42 Å². The van der Waals surface area contributed by atoms with Crippen molar-refractivity contribution in [2.45, 2.75) is 26.2 Å². The number of carbonyl (C=O) groups excluding carboxylic acids is 1. The fourth-order valence-corrected chi connectivity index (χ4v) is 4.22. The largest absolute Gasteiger partial charge is 0.356 e. The van der Waals surface area contributed by atoms with Gasteiger partial charge in [-0.15, -0.1) is 0 Å². The number of piperidine rings is 1. The summed E-state index contributed by atoms with van der Waals surface area (Å²) in [5.41, 5.74) is 1.94. The Kier molecular flexibility index (Phi) is 4.15. The number of nitrogens with zero attached hydrogens (tertiary/aromatic N) is 4. The van der Waals surface area contributed by atoms with E-state index in [0.717, 1.165) is 50.5 Å². The molecule has 1 amide bonds. The van der Waals surface area contributed by atoms with Crippen molar-refractivity contribution in [1.82, 2.24) is 14.9 Å². The van der Waals surface area contributed by atoms with Crippen molar-refractivity contribution in [3.63, 3.8) is 0 Å². The number of pyridine rings is 2. The first-order valence-electron chi connectivity index (χ1n) is 9.03. The zero-order valence-electron chi connectivity index (χ0n) is 14.7. The van der Waals surface area contributed by atoms with E-state index in [1.807, 2.05) is 30.0 Å². The van der Waals surface area contributed by atoms with E-state index in [9.17, 15) is 4.79 Å². The number of amides is 1. The monoisotopic (exact) mass is 336 g/mol. The van der Waals surface area contributed by atoms with Crippen LogP contribution in [0.2, 0.25) is 0 Å². The van der Waals surface area contributed by atoms with Crippen LogP contribution in [0, 0.1) is 12.3 Å². The minimum absolute atomic E-state index is 0.110. The van der Waals surface area contributed by atoms with Crippen LogP contribution >= 0.6 is 0 Å². The molecule has 2 aliphatic heterocycles. The molecule has 2 fully saturated rings. The lowest BCUT2D eigenvalue weighted by Gasteiger charge is -2.40. The second-order valence-corrected chi connectivity index (χ2v) is 7.38. The minimum atomic E-state index is 0.110. The second-order valence-electron chi connectivity index (χ2n) is 7.38. The quantitative estimate of drug-likeness (QED) is 0.846. The first kappa shape index (κ1) is 16.1. The maximum absolute atomic E-state index is 12.8. The Morgan fingerprint density at radius 3 is 2.84 bits per heavy atom. The molecule has 4 rings (SSSR count). The van der Waals surface area contributed by atoms with Gasteiger partial charge in [0.2, 0.25) is 0 Å². The third kappa shape index (κ3) is 3.23. The topological polar surface area (TPSA) is 49.3 Å². The predicted octanol–water partition coefficient (Wildman–Crippen LogP) is 2.92. The van der Waals surface area contributed by atoms with Crippen LogP contribution in [0.3, 0.4) is 0 Å². The average molecular weight is 336 g/mol. The Hall–Kier alpha value is -2.43. The molecule has 5 heteroatoms. The summed E-state index contributed by atoms with van der Waals surface area (Å²) in [6.45, 7) is 5.72. The molecule has 0 radical (unpaired) electrons. The van der Waals surface area contributed by atoms with E-state index < -0.39 is 0 Å². The summed E-state index contributed by atoms with van der Waals surface area (Å²) in [6.07, 6.45) is 6.76. The van der Waals surface area contributed by atoms with Crippen molar-refractivity contribution in [2.24, 2.45) is 5.41 Å². The number of rotatable bonds is 2. The highest BCUT2D eigenvalue weighted by molar-refractivity contribution is 5.94. The third-order valence-electron chi connectivity index (χ3n) is 5.49. The van der Waals surface area contributed by atoms with Crippen LogP contribution in [0.25, 0.3) is 0 Å². The Morgan fingerprint density at radius 2 is 2.04 bits per heavy atom. The molecule has 2 saturated heterocycles. The maximum atomic E-state index is 12.8. The summed E-state index contributed by atoms with van der Waals surface area (Å²) in [5, 5.41) is 0. The molecule has 0 N–H and O–H groups in total. The fourth-order valence-electron chi connectivity index (χ4n) is 4.22. The number of hydrogen-bond donors (Lipinski definition) is 0. The highest BCUT2D eigenvalue weighted by atomic mass is 16.2. The van der Waals surface area contributed by atoms with Crippen molar-refractivity contribution in [3.8, 4) is 0 Å². The van der Waals surface area contributed by atoms with Gasteiger partial charge in [-0.25, -0.2) is 4.98 Å². The molecule has 2 aliphatic rings. The molecule has 5 nitrogen and oxygen atoms in total. The van der Waals surface area contributed by atoms with Gasteiger partial charge in [0.15, 0.2) is 0 Å². The lowest BCUT2D eigenvalue weighted by Crippen LogP contribution is -2.47. The zero-order chi connectivity index (χ0) is 17.3. The van der Waals surface area contributed by atoms with E-state index in [1.54, 1.807) is 12.4 Å². The molecule has 0 saturated carbocycles. The molecular weight excluding hydrogens is 312 g/mol. The molecule has 2 aromatic heterocycles. The highest BCUT2D eigenvalue weighted by Gasteiger charge is 2.42.